The molecular formula is C26H33IN2O. The summed E-state index contributed by atoms with van der Waals surface area (Å²) < 4.78 is 7.53. The van der Waals surface area contributed by atoms with Gasteiger partial charge in [-0.3, -0.25) is 4.90 Å². The van der Waals surface area contributed by atoms with Gasteiger partial charge in [0.2, 0.25) is 0 Å². The average molecular weight is 516 g/mol. The Bertz CT molecular complexity index is 847. The van der Waals surface area contributed by atoms with Crippen molar-refractivity contribution >= 4 is 22.6 Å². The van der Waals surface area contributed by atoms with E-state index in [9.17, 15) is 0 Å². The lowest BCUT2D eigenvalue weighted by atomic mass is 9.81. The Hall–Kier alpha value is -1.11. The number of ether oxygens (including phenoxy) is 1. The number of benzene rings is 2. The molecule has 0 unspecified atom stereocenters. The van der Waals surface area contributed by atoms with Gasteiger partial charge in [0.15, 0.2) is 0 Å². The smallest absolute Gasteiger partial charge is 0.119 e. The van der Waals surface area contributed by atoms with Gasteiger partial charge in [0.1, 0.15) is 5.75 Å². The third-order valence-electron chi connectivity index (χ3n) is 7.18. The number of rotatable bonds is 6. The van der Waals surface area contributed by atoms with Crippen LogP contribution in [-0.4, -0.2) is 49.1 Å². The van der Waals surface area contributed by atoms with E-state index in [1.54, 1.807) is 0 Å². The van der Waals surface area contributed by atoms with Crippen LogP contribution in [0.5, 0.6) is 5.75 Å². The molecule has 30 heavy (non-hydrogen) atoms. The van der Waals surface area contributed by atoms with Gasteiger partial charge in [0.25, 0.3) is 0 Å². The molecule has 3 heterocycles. The van der Waals surface area contributed by atoms with Crippen LogP contribution in [0.1, 0.15) is 67.2 Å². The Morgan fingerprint density at radius 3 is 2.57 bits per heavy atom. The first-order chi connectivity index (χ1) is 14.8. The molecule has 0 aromatic heterocycles. The molecule has 0 bridgehead atoms. The molecule has 0 spiro atoms. The van der Waals surface area contributed by atoms with Crippen molar-refractivity contribution in [1.29, 1.82) is 0 Å². The second-order valence-electron chi connectivity index (χ2n) is 9.15. The van der Waals surface area contributed by atoms with Crippen LogP contribution in [0, 0.1) is 3.57 Å². The quantitative estimate of drug-likeness (QED) is 0.355. The van der Waals surface area contributed by atoms with Gasteiger partial charge < -0.3 is 9.64 Å². The summed E-state index contributed by atoms with van der Waals surface area (Å²) in [5, 5.41) is 0. The molecule has 0 saturated carbocycles. The Morgan fingerprint density at radius 2 is 1.73 bits per heavy atom. The number of likely N-dealkylation sites (tertiary alicyclic amines) is 1. The number of fused-ring (bicyclic) bond motifs is 3. The van der Waals surface area contributed by atoms with Crippen molar-refractivity contribution in [3.8, 4) is 5.75 Å². The van der Waals surface area contributed by atoms with Crippen molar-refractivity contribution in [2.75, 3.05) is 39.3 Å². The molecule has 3 nitrogen and oxygen atoms in total. The highest BCUT2D eigenvalue weighted by Crippen LogP contribution is 2.45. The van der Waals surface area contributed by atoms with E-state index in [-0.39, 0.29) is 0 Å². The summed E-state index contributed by atoms with van der Waals surface area (Å²) in [6.45, 7) is 6.92. The number of hydrogen-bond acceptors (Lipinski definition) is 3. The van der Waals surface area contributed by atoms with Crippen molar-refractivity contribution in [3.05, 3.63) is 62.7 Å². The first kappa shape index (κ1) is 20.8. The molecule has 2 atom stereocenters. The SMILES string of the molecule is Ic1ccc([C@@H]2CN3CCC[C@H]3c3cc(OCCCN4CCCCC4)ccc32)cc1. The summed E-state index contributed by atoms with van der Waals surface area (Å²) in [6.07, 6.45) is 7.85. The predicted molar refractivity (Wildman–Crippen MR) is 131 cm³/mol. The molecule has 0 radical (unpaired) electrons. The van der Waals surface area contributed by atoms with E-state index in [1.807, 2.05) is 0 Å². The lowest BCUT2D eigenvalue weighted by Gasteiger charge is -2.37. The van der Waals surface area contributed by atoms with E-state index < -0.39 is 0 Å². The predicted octanol–water partition coefficient (Wildman–Crippen LogP) is 5.83. The van der Waals surface area contributed by atoms with Gasteiger partial charge in [-0.1, -0.05) is 24.6 Å². The topological polar surface area (TPSA) is 15.7 Å². The van der Waals surface area contributed by atoms with Gasteiger partial charge in [0, 0.05) is 28.6 Å². The van der Waals surface area contributed by atoms with Gasteiger partial charge >= 0.3 is 0 Å². The zero-order chi connectivity index (χ0) is 20.3. The summed E-state index contributed by atoms with van der Waals surface area (Å²) in [7, 11) is 0. The Balaban J connectivity index is 1.29. The van der Waals surface area contributed by atoms with Crippen LogP contribution in [0.2, 0.25) is 0 Å². The van der Waals surface area contributed by atoms with E-state index in [2.05, 4.69) is 74.9 Å². The lowest BCUT2D eigenvalue weighted by molar-refractivity contribution is 0.204. The van der Waals surface area contributed by atoms with E-state index in [0.717, 1.165) is 25.3 Å². The van der Waals surface area contributed by atoms with Crippen molar-refractivity contribution in [2.45, 2.75) is 50.5 Å². The molecule has 0 N–H and O–H groups in total. The average Bonchev–Trinajstić information content (AvgIpc) is 3.26. The molecule has 0 aliphatic carbocycles. The summed E-state index contributed by atoms with van der Waals surface area (Å²) in [6, 6.07) is 16.6. The van der Waals surface area contributed by atoms with E-state index in [4.69, 9.17) is 4.74 Å². The summed E-state index contributed by atoms with van der Waals surface area (Å²) in [5.74, 6) is 1.53. The Morgan fingerprint density at radius 1 is 0.900 bits per heavy atom. The minimum Gasteiger partial charge on any atom is -0.494 e. The lowest BCUT2D eigenvalue weighted by Crippen LogP contribution is -2.34. The first-order valence-electron chi connectivity index (χ1n) is 11.8. The monoisotopic (exact) mass is 516 g/mol. The summed E-state index contributed by atoms with van der Waals surface area (Å²) in [5.41, 5.74) is 4.47. The van der Waals surface area contributed by atoms with Crippen molar-refractivity contribution < 1.29 is 4.74 Å². The van der Waals surface area contributed by atoms with Crippen molar-refractivity contribution in [1.82, 2.24) is 9.80 Å². The zero-order valence-corrected chi connectivity index (χ0v) is 20.0. The molecule has 3 aliphatic rings. The van der Waals surface area contributed by atoms with Gasteiger partial charge in [-0.25, -0.2) is 0 Å². The highest BCUT2D eigenvalue weighted by Gasteiger charge is 2.36. The van der Waals surface area contributed by atoms with Gasteiger partial charge in [-0.2, -0.15) is 0 Å². The maximum atomic E-state index is 6.22. The molecule has 2 fully saturated rings. The second-order valence-corrected chi connectivity index (χ2v) is 10.4. The summed E-state index contributed by atoms with van der Waals surface area (Å²) in [4.78, 5) is 5.30. The molecule has 4 heteroatoms. The molecule has 2 saturated heterocycles. The van der Waals surface area contributed by atoms with Crippen molar-refractivity contribution in [2.24, 2.45) is 0 Å². The minimum atomic E-state index is 0.472. The van der Waals surface area contributed by atoms with E-state index in [0.29, 0.717) is 12.0 Å². The largest absolute Gasteiger partial charge is 0.494 e. The van der Waals surface area contributed by atoms with Crippen LogP contribution >= 0.6 is 22.6 Å². The Labute approximate surface area is 194 Å². The summed E-state index contributed by atoms with van der Waals surface area (Å²) >= 11 is 2.40. The van der Waals surface area contributed by atoms with Gasteiger partial charge in [-0.05, 0) is 115 Å². The molecular weight excluding hydrogens is 483 g/mol. The normalized spacial score (nSPS) is 24.4. The third kappa shape index (κ3) is 4.56. The Kier molecular flexibility index (Phi) is 6.63. The van der Waals surface area contributed by atoms with Gasteiger partial charge in [0.05, 0.1) is 6.61 Å². The van der Waals surface area contributed by atoms with Gasteiger partial charge in [-0.15, -0.1) is 0 Å². The number of hydrogen-bond donors (Lipinski definition) is 0. The molecule has 2 aromatic rings. The maximum Gasteiger partial charge on any atom is 0.119 e. The van der Waals surface area contributed by atoms with Crippen molar-refractivity contribution in [3.63, 3.8) is 0 Å². The number of halogens is 1. The highest BCUT2D eigenvalue weighted by atomic mass is 127. The molecule has 2 aromatic carbocycles. The highest BCUT2D eigenvalue weighted by molar-refractivity contribution is 14.1. The maximum absolute atomic E-state index is 6.22. The molecule has 5 rings (SSSR count). The number of nitrogens with zero attached hydrogens (tertiary/aromatic N) is 2. The standard InChI is InChI=1S/C26H33IN2O/c27-21-9-7-20(8-10-21)25-19-29-16-4-6-26(29)24-18-22(11-12-23(24)25)30-17-5-15-28-13-2-1-3-14-28/h7-12,18,25-26H,1-6,13-17,19H2/t25-,26-/m0/s1. The van der Waals surface area contributed by atoms with Crippen LogP contribution in [-0.2, 0) is 0 Å². The molecule has 0 amide bonds. The molecule has 160 valence electrons. The molecule has 3 aliphatic heterocycles. The fourth-order valence-electron chi connectivity index (χ4n) is 5.62. The third-order valence-corrected chi connectivity index (χ3v) is 7.90. The fourth-order valence-corrected chi connectivity index (χ4v) is 5.98. The fraction of sp³-hybridized carbons (Fsp3) is 0.538. The van der Waals surface area contributed by atoms with Crippen LogP contribution in [0.15, 0.2) is 42.5 Å². The van der Waals surface area contributed by atoms with E-state index in [1.165, 1.54) is 78.5 Å². The van der Waals surface area contributed by atoms with Crippen LogP contribution in [0.4, 0.5) is 0 Å². The van der Waals surface area contributed by atoms with Crippen LogP contribution in [0.25, 0.3) is 0 Å². The number of piperidine rings is 1. The van der Waals surface area contributed by atoms with Crippen LogP contribution < -0.4 is 4.74 Å². The first-order valence-corrected chi connectivity index (χ1v) is 12.8. The van der Waals surface area contributed by atoms with E-state index >= 15 is 0 Å². The second kappa shape index (κ2) is 9.58. The zero-order valence-electron chi connectivity index (χ0n) is 17.9. The van der Waals surface area contributed by atoms with Crippen LogP contribution in [0.3, 0.4) is 0 Å². The minimum absolute atomic E-state index is 0.472.